The molecule has 2 heterocycles. The van der Waals surface area contributed by atoms with E-state index in [1.807, 2.05) is 41.3 Å². The van der Waals surface area contributed by atoms with Crippen LogP contribution in [-0.4, -0.2) is 35.5 Å². The van der Waals surface area contributed by atoms with Crippen LogP contribution >= 0.6 is 11.5 Å². The maximum absolute atomic E-state index is 12.3. The van der Waals surface area contributed by atoms with Crippen LogP contribution in [0.25, 0.3) is 0 Å². The normalized spacial score (nSPS) is 11.0. The number of furan rings is 1. The second-order valence-corrected chi connectivity index (χ2v) is 8.54. The average Bonchev–Trinajstić information content (AvgIpc) is 3.43. The molecule has 8 heteroatoms. The molecule has 0 atom stereocenters. The molecule has 2 aromatic heterocycles. The molecule has 1 aromatic carbocycles. The number of carbonyl (C=O) groups is 1. The summed E-state index contributed by atoms with van der Waals surface area (Å²) in [7, 11) is 1.66. The van der Waals surface area contributed by atoms with Crippen LogP contribution in [-0.2, 0) is 17.8 Å². The number of rotatable bonds is 12. The van der Waals surface area contributed by atoms with Crippen molar-refractivity contribution < 1.29 is 13.9 Å². The van der Waals surface area contributed by atoms with E-state index in [4.69, 9.17) is 14.1 Å². The number of benzene rings is 1. The molecule has 7 nitrogen and oxygen atoms in total. The summed E-state index contributed by atoms with van der Waals surface area (Å²) >= 11 is 1.34. The van der Waals surface area contributed by atoms with Crippen molar-refractivity contribution in [3.63, 3.8) is 0 Å². The van der Waals surface area contributed by atoms with Crippen LogP contribution in [0.2, 0.25) is 0 Å². The standard InChI is InChI=1S/C23H30N4O3S/c1-17(2)9-11-24-22(28)10-12-27(16-20-8-5-13-30-20)23-25-21(26-31-23)15-18-6-4-7-19(14-18)29-3/h4-8,13-14,17H,9-12,15-16H2,1-3H3,(H,24,28). The fraction of sp³-hybridized carbons (Fsp3) is 0.435. The number of amides is 1. The van der Waals surface area contributed by atoms with Crippen LogP contribution < -0.4 is 15.0 Å². The van der Waals surface area contributed by atoms with Crippen LogP contribution in [0, 0.1) is 5.92 Å². The number of hydrogen-bond acceptors (Lipinski definition) is 7. The Hall–Kier alpha value is -2.87. The first-order chi connectivity index (χ1) is 15.0. The van der Waals surface area contributed by atoms with Crippen molar-refractivity contribution >= 4 is 22.6 Å². The third-order valence-electron chi connectivity index (χ3n) is 4.80. The van der Waals surface area contributed by atoms with Gasteiger partial charge in [-0.3, -0.25) is 4.79 Å². The predicted octanol–water partition coefficient (Wildman–Crippen LogP) is 4.29. The maximum atomic E-state index is 12.3. The summed E-state index contributed by atoms with van der Waals surface area (Å²) in [4.78, 5) is 19.0. The molecule has 3 aromatic rings. The lowest BCUT2D eigenvalue weighted by molar-refractivity contribution is -0.120. The van der Waals surface area contributed by atoms with Crippen LogP contribution in [0.1, 0.15) is 43.8 Å². The Balaban J connectivity index is 1.64. The predicted molar refractivity (Wildman–Crippen MR) is 123 cm³/mol. The van der Waals surface area contributed by atoms with Gasteiger partial charge >= 0.3 is 0 Å². The largest absolute Gasteiger partial charge is 0.497 e. The van der Waals surface area contributed by atoms with Gasteiger partial charge in [0.15, 0.2) is 0 Å². The molecule has 0 radical (unpaired) electrons. The Bertz CT molecular complexity index is 940. The molecule has 0 saturated heterocycles. The third-order valence-corrected chi connectivity index (χ3v) is 5.62. The molecule has 0 fully saturated rings. The minimum Gasteiger partial charge on any atom is -0.497 e. The summed E-state index contributed by atoms with van der Waals surface area (Å²) in [6.07, 6.45) is 3.65. The fourth-order valence-corrected chi connectivity index (χ4v) is 3.78. The van der Waals surface area contributed by atoms with Gasteiger partial charge in [-0.1, -0.05) is 26.0 Å². The van der Waals surface area contributed by atoms with Gasteiger partial charge in [-0.2, -0.15) is 4.37 Å². The van der Waals surface area contributed by atoms with Crippen LogP contribution in [0.5, 0.6) is 5.75 Å². The number of aromatic nitrogens is 2. The molecule has 1 amide bonds. The Morgan fingerprint density at radius 2 is 2.16 bits per heavy atom. The van der Waals surface area contributed by atoms with Gasteiger partial charge in [-0.25, -0.2) is 4.98 Å². The van der Waals surface area contributed by atoms with Gasteiger partial charge < -0.3 is 19.4 Å². The van der Waals surface area contributed by atoms with E-state index < -0.39 is 0 Å². The fourth-order valence-electron chi connectivity index (χ4n) is 3.07. The van der Waals surface area contributed by atoms with E-state index in [0.29, 0.717) is 38.4 Å². The first-order valence-corrected chi connectivity index (χ1v) is 11.3. The van der Waals surface area contributed by atoms with Crippen molar-refractivity contribution in [3.05, 3.63) is 59.8 Å². The van der Waals surface area contributed by atoms with E-state index in [2.05, 4.69) is 23.5 Å². The first-order valence-electron chi connectivity index (χ1n) is 10.5. The summed E-state index contributed by atoms with van der Waals surface area (Å²) < 4.78 is 15.3. The summed E-state index contributed by atoms with van der Waals surface area (Å²) in [5.74, 6) is 3.01. The smallest absolute Gasteiger partial charge is 0.221 e. The van der Waals surface area contributed by atoms with Gasteiger partial charge in [0, 0.05) is 37.5 Å². The highest BCUT2D eigenvalue weighted by molar-refractivity contribution is 7.09. The number of methoxy groups -OCH3 is 1. The molecule has 0 aliphatic carbocycles. The van der Waals surface area contributed by atoms with Crippen molar-refractivity contribution in [2.24, 2.45) is 5.92 Å². The maximum Gasteiger partial charge on any atom is 0.221 e. The second-order valence-electron chi connectivity index (χ2n) is 7.80. The number of ether oxygens (including phenoxy) is 1. The topological polar surface area (TPSA) is 80.5 Å². The van der Waals surface area contributed by atoms with E-state index in [-0.39, 0.29) is 5.91 Å². The van der Waals surface area contributed by atoms with E-state index >= 15 is 0 Å². The lowest BCUT2D eigenvalue weighted by Crippen LogP contribution is -2.31. The number of nitrogens with zero attached hydrogens (tertiary/aromatic N) is 3. The Labute approximate surface area is 187 Å². The molecule has 31 heavy (non-hydrogen) atoms. The van der Waals surface area contributed by atoms with Crippen molar-refractivity contribution in [2.45, 2.75) is 39.7 Å². The molecule has 166 valence electrons. The minimum absolute atomic E-state index is 0.0474. The Morgan fingerprint density at radius 3 is 2.90 bits per heavy atom. The zero-order valence-corrected chi connectivity index (χ0v) is 19.2. The second kappa shape index (κ2) is 11.5. The average molecular weight is 443 g/mol. The Morgan fingerprint density at radius 1 is 1.29 bits per heavy atom. The molecule has 0 aliphatic heterocycles. The van der Waals surface area contributed by atoms with Crippen molar-refractivity contribution in [1.82, 2.24) is 14.7 Å². The van der Waals surface area contributed by atoms with Gasteiger partial charge in [-0.15, -0.1) is 0 Å². The van der Waals surface area contributed by atoms with Gasteiger partial charge in [0.2, 0.25) is 11.0 Å². The number of nitrogens with one attached hydrogen (secondary N) is 1. The molecule has 0 bridgehead atoms. The highest BCUT2D eigenvalue weighted by Gasteiger charge is 2.16. The summed E-state index contributed by atoms with van der Waals surface area (Å²) in [6, 6.07) is 11.7. The van der Waals surface area contributed by atoms with Crippen molar-refractivity contribution in [3.8, 4) is 5.75 Å². The zero-order valence-electron chi connectivity index (χ0n) is 18.3. The number of carbonyl (C=O) groups excluding carboxylic acids is 1. The van der Waals surface area contributed by atoms with Gasteiger partial charge in [0.05, 0.1) is 19.9 Å². The monoisotopic (exact) mass is 442 g/mol. The molecule has 0 unspecified atom stereocenters. The number of anilines is 1. The third kappa shape index (κ3) is 7.40. The highest BCUT2D eigenvalue weighted by atomic mass is 32.1. The van der Waals surface area contributed by atoms with Gasteiger partial charge in [-0.05, 0) is 42.2 Å². The molecular weight excluding hydrogens is 412 g/mol. The zero-order chi connectivity index (χ0) is 22.1. The van der Waals surface area contributed by atoms with Gasteiger partial charge in [0.1, 0.15) is 17.3 Å². The van der Waals surface area contributed by atoms with Gasteiger partial charge in [0.25, 0.3) is 0 Å². The first kappa shape index (κ1) is 22.8. The van der Waals surface area contributed by atoms with Crippen molar-refractivity contribution in [1.29, 1.82) is 0 Å². The molecule has 1 N–H and O–H groups in total. The Kier molecular flexibility index (Phi) is 8.46. The van der Waals surface area contributed by atoms with E-state index in [1.54, 1.807) is 13.4 Å². The van der Waals surface area contributed by atoms with E-state index in [0.717, 1.165) is 34.4 Å². The van der Waals surface area contributed by atoms with Crippen LogP contribution in [0.3, 0.4) is 0 Å². The lowest BCUT2D eigenvalue weighted by atomic mass is 10.1. The molecular formula is C23H30N4O3S. The van der Waals surface area contributed by atoms with E-state index in [9.17, 15) is 4.79 Å². The van der Waals surface area contributed by atoms with Crippen LogP contribution in [0.4, 0.5) is 5.13 Å². The van der Waals surface area contributed by atoms with Crippen molar-refractivity contribution in [2.75, 3.05) is 25.1 Å². The molecule has 0 saturated carbocycles. The summed E-state index contributed by atoms with van der Waals surface area (Å²) in [5.41, 5.74) is 1.09. The molecule has 0 aliphatic rings. The minimum atomic E-state index is 0.0474. The van der Waals surface area contributed by atoms with Crippen LogP contribution in [0.15, 0.2) is 47.1 Å². The van der Waals surface area contributed by atoms with E-state index in [1.165, 1.54) is 11.5 Å². The summed E-state index contributed by atoms with van der Waals surface area (Å²) in [6.45, 7) is 6.09. The lowest BCUT2D eigenvalue weighted by Gasteiger charge is -2.20. The highest BCUT2D eigenvalue weighted by Crippen LogP contribution is 2.22. The number of hydrogen-bond donors (Lipinski definition) is 1. The SMILES string of the molecule is COc1cccc(Cc2nsc(N(CCC(=O)NCCC(C)C)Cc3ccco3)n2)c1. The molecule has 0 spiro atoms. The quantitative estimate of drug-likeness (QED) is 0.451. The summed E-state index contributed by atoms with van der Waals surface area (Å²) in [5, 5.41) is 3.78. The molecule has 3 rings (SSSR count).